The van der Waals surface area contributed by atoms with Crippen molar-refractivity contribution < 1.29 is 9.18 Å². The summed E-state index contributed by atoms with van der Waals surface area (Å²) in [5.74, 6) is 1.30. The Morgan fingerprint density at radius 2 is 1.92 bits per heavy atom. The summed E-state index contributed by atoms with van der Waals surface area (Å²) in [6.45, 7) is 8.52. The van der Waals surface area contributed by atoms with Gasteiger partial charge in [0.1, 0.15) is 5.82 Å². The SMILES string of the molecule is CCCC(C)C(=O)c1c(F)cc(-c2ccc3c(c2)N=CC(C(C)C2CCCCC2)C3)c2c1NC=CC2CC. The van der Waals surface area contributed by atoms with Crippen LogP contribution in [0.15, 0.2) is 41.5 Å². The number of hydrogen-bond acceptors (Lipinski definition) is 3. The second kappa shape index (κ2) is 11.6. The van der Waals surface area contributed by atoms with Crippen molar-refractivity contribution >= 4 is 23.4 Å². The molecule has 3 aliphatic rings. The van der Waals surface area contributed by atoms with Crippen molar-refractivity contribution in [1.29, 1.82) is 0 Å². The summed E-state index contributed by atoms with van der Waals surface area (Å²) in [4.78, 5) is 18.3. The summed E-state index contributed by atoms with van der Waals surface area (Å²) in [5.41, 5.74) is 5.97. The number of halogens is 1. The molecule has 3 nitrogen and oxygen atoms in total. The molecule has 202 valence electrons. The van der Waals surface area contributed by atoms with E-state index in [1.165, 1.54) is 37.7 Å². The number of ketones is 1. The van der Waals surface area contributed by atoms with Gasteiger partial charge in [-0.15, -0.1) is 0 Å². The Labute approximate surface area is 228 Å². The minimum atomic E-state index is -0.438. The molecule has 0 aromatic heterocycles. The van der Waals surface area contributed by atoms with Crippen LogP contribution in [0.3, 0.4) is 0 Å². The van der Waals surface area contributed by atoms with Crippen LogP contribution in [-0.4, -0.2) is 12.0 Å². The Balaban J connectivity index is 1.50. The van der Waals surface area contributed by atoms with Gasteiger partial charge in [0.2, 0.25) is 0 Å². The van der Waals surface area contributed by atoms with Gasteiger partial charge in [-0.25, -0.2) is 4.39 Å². The van der Waals surface area contributed by atoms with E-state index in [4.69, 9.17) is 4.99 Å². The van der Waals surface area contributed by atoms with E-state index in [-0.39, 0.29) is 23.2 Å². The first-order chi connectivity index (χ1) is 18.4. The molecule has 0 saturated heterocycles. The van der Waals surface area contributed by atoms with Crippen LogP contribution in [0.2, 0.25) is 0 Å². The fraction of sp³-hybridized carbons (Fsp3) is 0.529. The lowest BCUT2D eigenvalue weighted by Gasteiger charge is -2.33. The average Bonchev–Trinajstić information content (AvgIpc) is 2.95. The van der Waals surface area contributed by atoms with Crippen LogP contribution in [0.4, 0.5) is 15.8 Å². The zero-order valence-electron chi connectivity index (χ0n) is 23.5. The minimum Gasteiger partial charge on any atom is -0.361 e. The number of hydrogen-bond donors (Lipinski definition) is 1. The molecule has 2 aromatic carbocycles. The Morgan fingerprint density at radius 3 is 2.66 bits per heavy atom. The number of carbonyl (C=O) groups excluding carboxylic acids is 1. The molecular weight excluding hydrogens is 471 g/mol. The van der Waals surface area contributed by atoms with Gasteiger partial charge in [-0.1, -0.05) is 84.4 Å². The van der Waals surface area contributed by atoms with E-state index in [9.17, 15) is 4.79 Å². The molecule has 2 aliphatic heterocycles. The van der Waals surface area contributed by atoms with Crippen LogP contribution < -0.4 is 5.32 Å². The minimum absolute atomic E-state index is 0.113. The molecule has 4 unspecified atom stereocenters. The largest absolute Gasteiger partial charge is 0.361 e. The van der Waals surface area contributed by atoms with Crippen LogP contribution in [0.25, 0.3) is 11.1 Å². The quantitative estimate of drug-likeness (QED) is 0.356. The summed E-state index contributed by atoms with van der Waals surface area (Å²) in [6.07, 6.45) is 16.5. The summed E-state index contributed by atoms with van der Waals surface area (Å²) < 4.78 is 15.7. The topological polar surface area (TPSA) is 41.5 Å². The van der Waals surface area contributed by atoms with E-state index in [0.29, 0.717) is 17.5 Å². The first kappa shape index (κ1) is 26.8. The van der Waals surface area contributed by atoms with Crippen molar-refractivity contribution in [1.82, 2.24) is 0 Å². The summed E-state index contributed by atoms with van der Waals surface area (Å²) in [6, 6.07) is 8.04. The highest BCUT2D eigenvalue weighted by atomic mass is 19.1. The van der Waals surface area contributed by atoms with Crippen LogP contribution in [0, 0.1) is 29.5 Å². The van der Waals surface area contributed by atoms with Crippen molar-refractivity contribution in [3.8, 4) is 11.1 Å². The Kier molecular flexibility index (Phi) is 8.16. The Bertz CT molecular complexity index is 1240. The monoisotopic (exact) mass is 514 g/mol. The van der Waals surface area contributed by atoms with E-state index >= 15 is 4.39 Å². The average molecular weight is 515 g/mol. The van der Waals surface area contributed by atoms with Crippen LogP contribution in [0.5, 0.6) is 0 Å². The van der Waals surface area contributed by atoms with E-state index in [0.717, 1.165) is 54.0 Å². The lowest BCUT2D eigenvalue weighted by Crippen LogP contribution is -2.26. The number of nitrogens with zero attached hydrogens (tertiary/aromatic N) is 1. The van der Waals surface area contributed by atoms with Crippen molar-refractivity contribution in [2.45, 2.75) is 91.4 Å². The Morgan fingerprint density at radius 1 is 1.13 bits per heavy atom. The third-order valence-electron chi connectivity index (χ3n) is 9.43. The second-order valence-electron chi connectivity index (χ2n) is 11.9. The van der Waals surface area contributed by atoms with Crippen LogP contribution >= 0.6 is 0 Å². The number of fused-ring (bicyclic) bond motifs is 2. The maximum atomic E-state index is 15.7. The zero-order valence-corrected chi connectivity index (χ0v) is 23.5. The van der Waals surface area contributed by atoms with Gasteiger partial charge in [0.25, 0.3) is 0 Å². The number of anilines is 1. The van der Waals surface area contributed by atoms with Crippen LogP contribution in [0.1, 0.15) is 106 Å². The standard InChI is InChI=1S/C34H43FN2O/c1-5-10-21(3)34(38)32-29(35)19-28(31-23(6-2)15-16-36-33(31)32)25-13-14-26-17-27(20-37-30(26)18-25)22(4)24-11-8-7-9-12-24/h13-16,18-24,27,36H,5-12,17H2,1-4H3. The fourth-order valence-corrected chi connectivity index (χ4v) is 7.01. The predicted molar refractivity (Wildman–Crippen MR) is 157 cm³/mol. The number of allylic oxidation sites excluding steroid dienone is 1. The van der Waals surface area contributed by atoms with Crippen LogP contribution in [-0.2, 0) is 6.42 Å². The number of Topliss-reactive ketones (excluding diaryl/α,β-unsaturated/α-hetero) is 1. The van der Waals surface area contributed by atoms with E-state index < -0.39 is 5.82 Å². The molecule has 0 bridgehead atoms. The third kappa shape index (κ3) is 5.11. The molecule has 4 heteroatoms. The highest BCUT2D eigenvalue weighted by Crippen LogP contribution is 2.45. The highest BCUT2D eigenvalue weighted by Gasteiger charge is 2.31. The lowest BCUT2D eigenvalue weighted by molar-refractivity contribution is 0.0920. The number of carbonyl (C=O) groups is 1. The molecule has 38 heavy (non-hydrogen) atoms. The molecule has 5 rings (SSSR count). The number of rotatable bonds is 8. The molecule has 1 saturated carbocycles. The van der Waals surface area contributed by atoms with Crippen molar-refractivity contribution in [3.05, 3.63) is 59.0 Å². The lowest BCUT2D eigenvalue weighted by atomic mass is 9.73. The van der Waals surface area contributed by atoms with Gasteiger partial charge >= 0.3 is 0 Å². The molecule has 0 amide bonds. The first-order valence-corrected chi connectivity index (χ1v) is 14.9. The third-order valence-corrected chi connectivity index (χ3v) is 9.43. The maximum Gasteiger partial charge on any atom is 0.170 e. The molecule has 4 atom stereocenters. The Hall–Kier alpha value is -2.75. The summed E-state index contributed by atoms with van der Waals surface area (Å²) >= 11 is 0. The van der Waals surface area contributed by atoms with Gasteiger partial charge in [-0.3, -0.25) is 9.79 Å². The number of aliphatic imine (C=N–C) groups is 1. The second-order valence-corrected chi connectivity index (χ2v) is 11.9. The molecule has 0 radical (unpaired) electrons. The summed E-state index contributed by atoms with van der Waals surface area (Å²) in [5, 5.41) is 3.27. The van der Waals surface area contributed by atoms with Gasteiger partial charge in [0.15, 0.2) is 5.78 Å². The van der Waals surface area contributed by atoms with E-state index in [1.807, 2.05) is 13.1 Å². The van der Waals surface area contributed by atoms with Crippen molar-refractivity contribution in [2.75, 3.05) is 5.32 Å². The molecule has 1 fully saturated rings. The van der Waals surface area contributed by atoms with Crippen molar-refractivity contribution in [2.24, 2.45) is 28.7 Å². The predicted octanol–water partition coefficient (Wildman–Crippen LogP) is 9.64. The fourth-order valence-electron chi connectivity index (χ4n) is 7.01. The molecular formula is C34H43FN2O. The molecule has 2 heterocycles. The van der Waals surface area contributed by atoms with Crippen molar-refractivity contribution in [3.63, 3.8) is 0 Å². The smallest absolute Gasteiger partial charge is 0.170 e. The zero-order chi connectivity index (χ0) is 26.8. The summed E-state index contributed by atoms with van der Waals surface area (Å²) in [7, 11) is 0. The van der Waals surface area contributed by atoms with E-state index in [2.05, 4.69) is 56.6 Å². The van der Waals surface area contributed by atoms with Gasteiger partial charge in [0.05, 0.1) is 16.9 Å². The van der Waals surface area contributed by atoms with E-state index in [1.54, 1.807) is 6.07 Å². The van der Waals surface area contributed by atoms with Gasteiger partial charge in [-0.05, 0) is 71.7 Å². The maximum absolute atomic E-state index is 15.7. The van der Waals surface area contributed by atoms with Gasteiger partial charge in [-0.2, -0.15) is 0 Å². The molecule has 2 aromatic rings. The highest BCUT2D eigenvalue weighted by molar-refractivity contribution is 6.05. The molecule has 1 N–H and O–H groups in total. The number of benzene rings is 2. The number of nitrogens with one attached hydrogen (secondary N) is 1. The molecule has 1 aliphatic carbocycles. The normalized spacial score (nSPS) is 22.3. The van der Waals surface area contributed by atoms with Gasteiger partial charge in [0, 0.05) is 24.0 Å². The van der Waals surface area contributed by atoms with Gasteiger partial charge < -0.3 is 5.32 Å². The first-order valence-electron chi connectivity index (χ1n) is 14.9. The molecule has 0 spiro atoms.